The lowest BCUT2D eigenvalue weighted by Crippen LogP contribution is -2.59. The predicted octanol–water partition coefficient (Wildman–Crippen LogP) is 1.18. The number of aliphatic carboxylic acids is 1. The van der Waals surface area contributed by atoms with Crippen LogP contribution in [-0.2, 0) is 11.3 Å². The second kappa shape index (κ2) is 8.80. The molecule has 0 bridgehead atoms. The van der Waals surface area contributed by atoms with Crippen molar-refractivity contribution in [2.24, 2.45) is 17.6 Å². The maximum absolute atomic E-state index is 11.9. The molecule has 0 radical (unpaired) electrons. The Kier molecular flexibility index (Phi) is 7.01. The first-order valence-electron chi connectivity index (χ1n) is 8.92. The zero-order valence-electron chi connectivity index (χ0n) is 14.8. The first kappa shape index (κ1) is 19.9. The third kappa shape index (κ3) is 5.54. The summed E-state index contributed by atoms with van der Waals surface area (Å²) in [5.41, 5.74) is 6.27. The molecule has 25 heavy (non-hydrogen) atoms. The maximum atomic E-state index is 11.9. The number of carboxylic acid groups (broad SMARTS) is 1. The largest absolute Gasteiger partial charge is 0.480 e. The van der Waals surface area contributed by atoms with Gasteiger partial charge in [0, 0.05) is 19.0 Å². The van der Waals surface area contributed by atoms with Crippen molar-refractivity contribution in [2.45, 2.75) is 44.1 Å². The van der Waals surface area contributed by atoms with E-state index in [1.807, 2.05) is 25.2 Å². The fourth-order valence-electron chi connectivity index (χ4n) is 3.92. The van der Waals surface area contributed by atoms with Gasteiger partial charge in [0.25, 0.3) is 0 Å². The minimum absolute atomic E-state index is 0.117. The van der Waals surface area contributed by atoms with E-state index in [9.17, 15) is 9.90 Å². The Bertz CT molecular complexity index is 557. The Morgan fingerprint density at radius 2 is 2.00 bits per heavy atom. The lowest BCUT2D eigenvalue weighted by Gasteiger charge is -2.43. The molecular weight excluding hydrogens is 319 g/mol. The quantitative estimate of drug-likeness (QED) is 0.526. The highest BCUT2D eigenvalue weighted by atomic mass is 16.4. The normalized spacial score (nSPS) is 26.6. The molecule has 0 saturated heterocycles. The smallest absolute Gasteiger partial charge is 0.451 e. The van der Waals surface area contributed by atoms with Crippen LogP contribution in [0.3, 0.4) is 0 Å². The second-order valence-electron chi connectivity index (χ2n) is 7.43. The van der Waals surface area contributed by atoms with E-state index in [4.69, 9.17) is 15.8 Å². The zero-order chi connectivity index (χ0) is 18.4. The van der Waals surface area contributed by atoms with E-state index >= 15 is 0 Å². The van der Waals surface area contributed by atoms with E-state index in [2.05, 4.69) is 17.0 Å². The van der Waals surface area contributed by atoms with Gasteiger partial charge >= 0.3 is 13.1 Å². The highest BCUT2D eigenvalue weighted by Crippen LogP contribution is 2.38. The Labute approximate surface area is 149 Å². The van der Waals surface area contributed by atoms with E-state index < -0.39 is 18.6 Å². The van der Waals surface area contributed by atoms with Crippen LogP contribution in [0.1, 0.15) is 31.2 Å². The summed E-state index contributed by atoms with van der Waals surface area (Å²) in [6, 6.07) is 10.1. The minimum atomic E-state index is -1.34. The van der Waals surface area contributed by atoms with Crippen LogP contribution in [-0.4, -0.2) is 52.3 Å². The molecular formula is C18H29BN2O4. The molecule has 1 aromatic rings. The Balaban J connectivity index is 1.98. The molecule has 7 heteroatoms. The van der Waals surface area contributed by atoms with E-state index in [-0.39, 0.29) is 18.2 Å². The predicted molar refractivity (Wildman–Crippen MR) is 97.8 cm³/mol. The highest BCUT2D eigenvalue weighted by Gasteiger charge is 2.47. The molecule has 0 aromatic heterocycles. The molecule has 1 aromatic carbocycles. The van der Waals surface area contributed by atoms with Gasteiger partial charge in [-0.3, -0.25) is 4.79 Å². The van der Waals surface area contributed by atoms with Crippen molar-refractivity contribution in [3.05, 3.63) is 35.9 Å². The highest BCUT2D eigenvalue weighted by molar-refractivity contribution is 6.40. The number of carboxylic acids is 1. The molecule has 1 aliphatic carbocycles. The summed E-state index contributed by atoms with van der Waals surface area (Å²) in [6.07, 6.45) is 2.87. The van der Waals surface area contributed by atoms with Gasteiger partial charge < -0.3 is 25.8 Å². The van der Waals surface area contributed by atoms with E-state index in [1.54, 1.807) is 0 Å². The molecule has 0 aliphatic heterocycles. The molecule has 5 N–H and O–H groups in total. The lowest BCUT2D eigenvalue weighted by atomic mass is 9.66. The first-order chi connectivity index (χ1) is 11.8. The number of hydrogen-bond acceptors (Lipinski definition) is 5. The van der Waals surface area contributed by atoms with Gasteiger partial charge in [0.2, 0.25) is 0 Å². The summed E-state index contributed by atoms with van der Waals surface area (Å²) in [5.74, 6) is -0.951. The first-order valence-corrected chi connectivity index (χ1v) is 8.92. The van der Waals surface area contributed by atoms with Crippen LogP contribution in [0.4, 0.5) is 0 Å². The van der Waals surface area contributed by atoms with Gasteiger partial charge in [-0.15, -0.1) is 0 Å². The standard InChI is InChI=1S/C18H29BN2O4/c1-21(12-15-5-3-2-4-6-15)13-16-8-7-14(9-10-19(24)25)11-18(16,20)17(22)23/h2-6,14,16,24-25H,7-13,20H2,1H3,(H,22,23)/t14-,16-,18+/m0/s1. The van der Waals surface area contributed by atoms with E-state index in [0.717, 1.165) is 19.4 Å². The molecule has 0 heterocycles. The fraction of sp³-hybridized carbons (Fsp3) is 0.611. The van der Waals surface area contributed by atoms with Crippen molar-refractivity contribution in [2.75, 3.05) is 13.6 Å². The number of carbonyl (C=O) groups is 1. The van der Waals surface area contributed by atoms with Gasteiger partial charge in [-0.2, -0.15) is 0 Å². The third-order valence-electron chi connectivity index (χ3n) is 5.34. The monoisotopic (exact) mass is 348 g/mol. The van der Waals surface area contributed by atoms with E-state index in [1.165, 1.54) is 5.56 Å². The second-order valence-corrected chi connectivity index (χ2v) is 7.43. The van der Waals surface area contributed by atoms with Gasteiger partial charge in [-0.25, -0.2) is 0 Å². The van der Waals surface area contributed by atoms with Crippen molar-refractivity contribution in [3.63, 3.8) is 0 Å². The molecule has 6 nitrogen and oxygen atoms in total. The van der Waals surface area contributed by atoms with Crippen LogP contribution in [0.5, 0.6) is 0 Å². The molecule has 2 rings (SSSR count). The fourth-order valence-corrected chi connectivity index (χ4v) is 3.92. The van der Waals surface area contributed by atoms with Crippen molar-refractivity contribution >= 4 is 13.1 Å². The summed E-state index contributed by atoms with van der Waals surface area (Å²) in [7, 11) is 0.649. The molecule has 3 atom stereocenters. The lowest BCUT2D eigenvalue weighted by molar-refractivity contribution is -0.148. The molecule has 1 saturated carbocycles. The number of rotatable bonds is 8. The van der Waals surface area contributed by atoms with Gasteiger partial charge in [0.05, 0.1) is 0 Å². The summed E-state index contributed by atoms with van der Waals surface area (Å²) in [5, 5.41) is 27.8. The van der Waals surface area contributed by atoms with Crippen molar-refractivity contribution < 1.29 is 19.9 Å². The number of hydrogen-bond donors (Lipinski definition) is 4. The van der Waals surface area contributed by atoms with Gasteiger partial charge in [0.15, 0.2) is 0 Å². The Morgan fingerprint density at radius 3 is 2.60 bits per heavy atom. The average Bonchev–Trinajstić information content (AvgIpc) is 2.56. The summed E-state index contributed by atoms with van der Waals surface area (Å²) in [4.78, 5) is 14.0. The summed E-state index contributed by atoms with van der Waals surface area (Å²) >= 11 is 0. The Hall–Kier alpha value is -1.41. The van der Waals surface area contributed by atoms with Crippen LogP contribution in [0.25, 0.3) is 0 Å². The van der Waals surface area contributed by atoms with Gasteiger partial charge in [0.1, 0.15) is 5.54 Å². The van der Waals surface area contributed by atoms with Crippen LogP contribution in [0.15, 0.2) is 30.3 Å². The van der Waals surface area contributed by atoms with E-state index in [0.29, 0.717) is 19.4 Å². The van der Waals surface area contributed by atoms with Crippen LogP contribution < -0.4 is 5.73 Å². The molecule has 0 unspecified atom stereocenters. The van der Waals surface area contributed by atoms with Crippen LogP contribution in [0, 0.1) is 11.8 Å². The number of benzene rings is 1. The van der Waals surface area contributed by atoms with Crippen molar-refractivity contribution in [1.29, 1.82) is 0 Å². The summed E-state index contributed by atoms with van der Waals surface area (Å²) < 4.78 is 0. The maximum Gasteiger partial charge on any atom is 0.451 e. The van der Waals surface area contributed by atoms with Crippen molar-refractivity contribution in [1.82, 2.24) is 4.90 Å². The molecule has 0 amide bonds. The zero-order valence-corrected chi connectivity index (χ0v) is 14.8. The minimum Gasteiger partial charge on any atom is -0.480 e. The molecule has 138 valence electrons. The van der Waals surface area contributed by atoms with Gasteiger partial charge in [-0.05, 0) is 44.1 Å². The molecule has 0 spiro atoms. The van der Waals surface area contributed by atoms with Crippen LogP contribution in [0.2, 0.25) is 6.32 Å². The van der Waals surface area contributed by atoms with Crippen LogP contribution >= 0.6 is 0 Å². The topological polar surface area (TPSA) is 107 Å². The summed E-state index contributed by atoms with van der Waals surface area (Å²) in [6.45, 7) is 1.39. The molecule has 1 fully saturated rings. The average molecular weight is 348 g/mol. The molecule has 1 aliphatic rings. The number of nitrogens with two attached hydrogens (primary N) is 1. The number of nitrogens with zero attached hydrogens (tertiary/aromatic N) is 1. The Morgan fingerprint density at radius 1 is 1.32 bits per heavy atom. The third-order valence-corrected chi connectivity index (χ3v) is 5.34. The van der Waals surface area contributed by atoms with Gasteiger partial charge in [-0.1, -0.05) is 36.8 Å². The van der Waals surface area contributed by atoms with Crippen molar-refractivity contribution in [3.8, 4) is 0 Å². The SMILES string of the molecule is CN(Cc1ccccc1)C[C@@H]1CC[C@@H](CCB(O)O)C[C@]1(N)C(=O)O.